The summed E-state index contributed by atoms with van der Waals surface area (Å²) in [5.41, 5.74) is 5.62. The highest BCUT2D eigenvalue weighted by molar-refractivity contribution is 5.49. The highest BCUT2D eigenvalue weighted by atomic mass is 16.6. The lowest BCUT2D eigenvalue weighted by Crippen LogP contribution is -2.38. The third-order valence-electron chi connectivity index (χ3n) is 7.44. The van der Waals surface area contributed by atoms with Gasteiger partial charge in [0, 0.05) is 12.6 Å². The second-order valence-corrected chi connectivity index (χ2v) is 9.96. The van der Waals surface area contributed by atoms with Crippen LogP contribution in [0.2, 0.25) is 0 Å². The number of aromatic nitrogens is 2. The van der Waals surface area contributed by atoms with Crippen molar-refractivity contribution in [3.05, 3.63) is 128 Å². The molecule has 5 rings (SSSR count). The Morgan fingerprint density at radius 3 is 2.09 bits per heavy atom. The average molecular weight is 584 g/mol. The van der Waals surface area contributed by atoms with Gasteiger partial charge >= 0.3 is 5.69 Å². The molecule has 1 fully saturated rings. The Hall–Kier alpha value is -4.66. The number of nitrogens with zero attached hydrogens (tertiary/aromatic N) is 1. The Bertz CT molecular complexity index is 1660. The molecule has 3 aromatic carbocycles. The van der Waals surface area contributed by atoms with E-state index in [0.29, 0.717) is 11.5 Å². The van der Waals surface area contributed by atoms with E-state index < -0.39 is 35.3 Å². The van der Waals surface area contributed by atoms with E-state index in [1.807, 2.05) is 78.9 Å². The minimum absolute atomic E-state index is 0.0252. The van der Waals surface area contributed by atoms with Gasteiger partial charge in [-0.1, -0.05) is 66.4 Å². The number of methoxy groups -OCH3 is 2. The van der Waals surface area contributed by atoms with Crippen molar-refractivity contribution >= 4 is 0 Å². The Kier molecular flexibility index (Phi) is 9.09. The first-order chi connectivity index (χ1) is 20.9. The third-order valence-corrected chi connectivity index (χ3v) is 7.44. The first-order valence-electron chi connectivity index (χ1n) is 13.8. The molecule has 0 unspecified atom stereocenters. The maximum Gasteiger partial charge on any atom is 0.330 e. The summed E-state index contributed by atoms with van der Waals surface area (Å²) in [7, 11) is 3.21. The summed E-state index contributed by atoms with van der Waals surface area (Å²) in [5.74, 6) is 6.67. The molecule has 1 aliphatic rings. The van der Waals surface area contributed by atoms with Crippen molar-refractivity contribution in [2.24, 2.45) is 5.73 Å². The van der Waals surface area contributed by atoms with Gasteiger partial charge in [-0.2, -0.15) is 0 Å². The van der Waals surface area contributed by atoms with Gasteiger partial charge in [0.2, 0.25) is 0 Å². The van der Waals surface area contributed by atoms with Crippen LogP contribution in [-0.2, 0) is 15.1 Å². The SMILES string of the molecule is COc1ccc(C(OC[C@H]2O[C@@H](n3cc(C#CCN)c(=O)[nH]c3=O)C[C@H]2O)(c2ccccc2)c2ccc(OC)cc2)cc1. The van der Waals surface area contributed by atoms with E-state index in [-0.39, 0.29) is 25.1 Å². The number of aliphatic hydroxyl groups is 1. The van der Waals surface area contributed by atoms with E-state index >= 15 is 0 Å². The molecular weight excluding hydrogens is 550 g/mol. The number of H-pyrrole nitrogens is 1. The minimum atomic E-state index is -1.11. The van der Waals surface area contributed by atoms with Gasteiger partial charge in [-0.3, -0.25) is 14.3 Å². The van der Waals surface area contributed by atoms with Crippen molar-refractivity contribution < 1.29 is 24.1 Å². The lowest BCUT2D eigenvalue weighted by atomic mass is 9.80. The first kappa shape index (κ1) is 29.8. The van der Waals surface area contributed by atoms with Crippen molar-refractivity contribution in [1.29, 1.82) is 0 Å². The third kappa shape index (κ3) is 6.11. The molecular formula is C33H33N3O7. The topological polar surface area (TPSA) is 138 Å². The Morgan fingerprint density at radius 2 is 1.53 bits per heavy atom. The number of hydrogen-bond donors (Lipinski definition) is 3. The van der Waals surface area contributed by atoms with E-state index in [1.165, 1.54) is 10.8 Å². The van der Waals surface area contributed by atoms with Crippen LogP contribution in [0.3, 0.4) is 0 Å². The molecule has 10 nitrogen and oxygen atoms in total. The van der Waals surface area contributed by atoms with Gasteiger partial charge in [-0.15, -0.1) is 0 Å². The number of nitrogens with two attached hydrogens (primary N) is 1. The average Bonchev–Trinajstić information content (AvgIpc) is 3.41. The quantitative estimate of drug-likeness (QED) is 0.202. The van der Waals surface area contributed by atoms with Gasteiger partial charge in [-0.05, 0) is 41.0 Å². The number of rotatable bonds is 9. The van der Waals surface area contributed by atoms with Crippen molar-refractivity contribution in [1.82, 2.24) is 9.55 Å². The predicted octanol–water partition coefficient (Wildman–Crippen LogP) is 2.52. The molecule has 10 heteroatoms. The van der Waals surface area contributed by atoms with Gasteiger partial charge in [0.1, 0.15) is 35.0 Å². The largest absolute Gasteiger partial charge is 0.497 e. The lowest BCUT2D eigenvalue weighted by molar-refractivity contribution is -0.0944. The second-order valence-electron chi connectivity index (χ2n) is 9.96. The van der Waals surface area contributed by atoms with E-state index in [2.05, 4.69) is 16.8 Å². The number of hydrogen-bond acceptors (Lipinski definition) is 8. The number of aliphatic hydroxyl groups excluding tert-OH is 1. The van der Waals surface area contributed by atoms with Crippen LogP contribution in [0.25, 0.3) is 0 Å². The fourth-order valence-electron chi connectivity index (χ4n) is 5.25. The van der Waals surface area contributed by atoms with E-state index in [1.54, 1.807) is 14.2 Å². The van der Waals surface area contributed by atoms with E-state index in [0.717, 1.165) is 16.7 Å². The zero-order chi connectivity index (χ0) is 30.4. The van der Waals surface area contributed by atoms with Crippen molar-refractivity contribution in [3.63, 3.8) is 0 Å². The molecule has 0 saturated carbocycles. The predicted molar refractivity (Wildman–Crippen MR) is 160 cm³/mol. The maximum atomic E-state index is 12.7. The molecule has 43 heavy (non-hydrogen) atoms. The normalized spacial score (nSPS) is 18.1. The monoisotopic (exact) mass is 583 g/mol. The lowest BCUT2D eigenvalue weighted by Gasteiger charge is -2.37. The summed E-state index contributed by atoms with van der Waals surface area (Å²) in [4.78, 5) is 27.1. The molecule has 0 bridgehead atoms. The molecule has 0 amide bonds. The van der Waals surface area contributed by atoms with Crippen molar-refractivity contribution in [3.8, 4) is 23.3 Å². The van der Waals surface area contributed by atoms with Crippen LogP contribution < -0.4 is 26.5 Å². The summed E-state index contributed by atoms with van der Waals surface area (Å²) in [5, 5.41) is 11.1. The Labute approximate surface area is 248 Å². The first-order valence-corrected chi connectivity index (χ1v) is 13.8. The van der Waals surface area contributed by atoms with Crippen LogP contribution in [0.5, 0.6) is 11.5 Å². The van der Waals surface area contributed by atoms with Crippen molar-refractivity contribution in [2.45, 2.75) is 30.5 Å². The Balaban J connectivity index is 1.52. The number of nitrogens with one attached hydrogen (secondary N) is 1. The molecule has 1 aliphatic heterocycles. The molecule has 222 valence electrons. The molecule has 0 radical (unpaired) electrons. The summed E-state index contributed by atoms with van der Waals surface area (Å²) in [6, 6.07) is 25.0. The fraction of sp³-hybridized carbons (Fsp3) is 0.273. The molecule has 4 aromatic rings. The fourth-order valence-corrected chi connectivity index (χ4v) is 5.25. The molecule has 2 heterocycles. The summed E-state index contributed by atoms with van der Waals surface area (Å²) in [6.45, 7) is 0.0325. The highest BCUT2D eigenvalue weighted by Gasteiger charge is 2.42. The van der Waals surface area contributed by atoms with Gasteiger partial charge in [0.15, 0.2) is 0 Å². The molecule has 0 spiro atoms. The maximum absolute atomic E-state index is 12.7. The second kappa shape index (κ2) is 13.1. The molecule has 4 N–H and O–H groups in total. The number of aromatic amines is 1. The molecule has 1 saturated heterocycles. The number of ether oxygens (including phenoxy) is 4. The van der Waals surface area contributed by atoms with Crippen LogP contribution >= 0.6 is 0 Å². The van der Waals surface area contributed by atoms with E-state index in [9.17, 15) is 14.7 Å². The molecule has 1 aromatic heterocycles. The van der Waals surface area contributed by atoms with Crippen molar-refractivity contribution in [2.75, 3.05) is 27.4 Å². The smallest absolute Gasteiger partial charge is 0.330 e. The van der Waals surface area contributed by atoms with Crippen LogP contribution in [-0.4, -0.2) is 54.2 Å². The van der Waals surface area contributed by atoms with Crippen LogP contribution in [0, 0.1) is 11.8 Å². The van der Waals surface area contributed by atoms with Crippen LogP contribution in [0.15, 0.2) is 94.6 Å². The highest BCUT2D eigenvalue weighted by Crippen LogP contribution is 2.42. The Morgan fingerprint density at radius 1 is 0.953 bits per heavy atom. The summed E-state index contributed by atoms with van der Waals surface area (Å²) in [6.07, 6.45) is -1.16. The van der Waals surface area contributed by atoms with Gasteiger partial charge in [0.25, 0.3) is 5.56 Å². The zero-order valence-electron chi connectivity index (χ0n) is 23.9. The summed E-state index contributed by atoms with van der Waals surface area (Å²) >= 11 is 0. The molecule has 3 atom stereocenters. The van der Waals surface area contributed by atoms with Crippen LogP contribution in [0.4, 0.5) is 0 Å². The van der Waals surface area contributed by atoms with Gasteiger partial charge < -0.3 is 29.8 Å². The van der Waals surface area contributed by atoms with Gasteiger partial charge in [-0.25, -0.2) is 4.79 Å². The summed E-state index contributed by atoms with van der Waals surface area (Å²) < 4.78 is 25.1. The number of benzene rings is 3. The van der Waals surface area contributed by atoms with E-state index in [4.69, 9.17) is 24.7 Å². The van der Waals surface area contributed by atoms with Gasteiger partial charge in [0.05, 0.1) is 33.5 Å². The van der Waals surface area contributed by atoms with Crippen LogP contribution in [0.1, 0.15) is 34.9 Å². The minimum Gasteiger partial charge on any atom is -0.497 e. The molecule has 0 aliphatic carbocycles. The zero-order valence-corrected chi connectivity index (χ0v) is 23.9. The standard InChI is InChI=1S/C33H33N3O7/c1-40-26-14-10-24(11-15-26)33(23-8-4-3-5-9-23,25-12-16-27(41-2)17-13-25)42-21-29-28(37)19-30(43-29)36-20-22(7-6-18-34)31(38)35-32(36)39/h3-5,8-17,20,28-30,37H,18-19,21,34H2,1-2H3,(H,35,38,39)/t28-,29-,30-/m1/s1.